The summed E-state index contributed by atoms with van der Waals surface area (Å²) in [6.07, 6.45) is 12.5. The molecular formula is C32H60Cl2O4Zr. The molecule has 0 aliphatic heterocycles. The van der Waals surface area contributed by atoms with Gasteiger partial charge in [-0.1, -0.05) is 0 Å². The molecule has 4 unspecified atom stereocenters. The molecule has 0 spiro atoms. The normalized spacial score (nSPS) is 14.8. The van der Waals surface area contributed by atoms with Crippen LogP contribution >= 0.6 is 0 Å². The van der Waals surface area contributed by atoms with Gasteiger partial charge in [0.05, 0.1) is 0 Å². The van der Waals surface area contributed by atoms with Crippen LogP contribution in [0, 0.1) is 23.7 Å². The van der Waals surface area contributed by atoms with Crippen LogP contribution in [0.15, 0.2) is 0 Å². The van der Waals surface area contributed by atoms with Crippen molar-refractivity contribution in [2.24, 2.45) is 23.7 Å². The minimum atomic E-state index is -5.41. The third-order valence-corrected chi connectivity index (χ3v) is 19.8. The molecule has 0 saturated carbocycles. The van der Waals surface area contributed by atoms with Gasteiger partial charge in [-0.3, -0.25) is 0 Å². The van der Waals surface area contributed by atoms with Gasteiger partial charge in [0.1, 0.15) is 0 Å². The van der Waals surface area contributed by atoms with E-state index < -0.39 is 20.3 Å². The largest absolute Gasteiger partial charge is 1.00 e. The van der Waals surface area contributed by atoms with E-state index in [-0.39, 0.29) is 62.5 Å². The predicted molar refractivity (Wildman–Crippen MR) is 153 cm³/mol. The van der Waals surface area contributed by atoms with Crippen LogP contribution < -0.4 is 24.8 Å². The number of rotatable bonds is 24. The molecule has 7 heteroatoms. The van der Waals surface area contributed by atoms with Crippen molar-refractivity contribution in [1.29, 1.82) is 0 Å². The maximum absolute atomic E-state index is 14.7. The zero-order valence-electron chi connectivity index (χ0n) is 26.5. The minimum absolute atomic E-state index is 0. The number of hydrogen-bond acceptors (Lipinski definition) is 4. The number of halogens is 2. The van der Waals surface area contributed by atoms with E-state index in [4.69, 9.17) is 0 Å². The Labute approximate surface area is 258 Å². The van der Waals surface area contributed by atoms with Gasteiger partial charge in [0.25, 0.3) is 0 Å². The molecule has 0 N–H and O–H groups in total. The van der Waals surface area contributed by atoms with Gasteiger partial charge in [-0.25, -0.2) is 0 Å². The average molecular weight is 671 g/mol. The van der Waals surface area contributed by atoms with Crippen molar-refractivity contribution in [3.8, 4) is 0 Å². The van der Waals surface area contributed by atoms with Crippen molar-refractivity contribution in [2.75, 3.05) is 0 Å². The molecular weight excluding hydrogens is 610 g/mol. The van der Waals surface area contributed by atoms with E-state index in [1.165, 1.54) is 0 Å². The summed E-state index contributed by atoms with van der Waals surface area (Å²) in [4.78, 5) is 59.0. The Morgan fingerprint density at radius 2 is 0.590 bits per heavy atom. The minimum Gasteiger partial charge on any atom is -1.00 e. The van der Waals surface area contributed by atoms with E-state index in [0.717, 1.165) is 51.4 Å². The predicted octanol–water partition coefficient (Wildman–Crippen LogP) is 3.12. The summed E-state index contributed by atoms with van der Waals surface area (Å²) in [5.74, 6) is -1.38. The molecule has 0 rings (SSSR count). The van der Waals surface area contributed by atoms with Gasteiger partial charge in [0.2, 0.25) is 0 Å². The van der Waals surface area contributed by atoms with E-state index in [0.29, 0.717) is 51.4 Å². The maximum Gasteiger partial charge on any atom is -1.00 e. The number of unbranched alkanes of at least 4 members (excludes halogenated alkanes) is 4. The molecule has 0 aliphatic carbocycles. The second kappa shape index (κ2) is 24.7. The molecule has 0 radical (unpaired) electrons. The van der Waals surface area contributed by atoms with Crippen LogP contribution in [-0.2, 0) is 39.4 Å². The molecule has 4 nitrogen and oxygen atoms in total. The molecule has 0 saturated heterocycles. The fourth-order valence-electron chi connectivity index (χ4n) is 5.84. The van der Waals surface area contributed by atoms with Crippen molar-refractivity contribution >= 4 is 14.0 Å². The summed E-state index contributed by atoms with van der Waals surface area (Å²) in [7, 11) is 0. The van der Waals surface area contributed by atoms with Gasteiger partial charge in [0.15, 0.2) is 0 Å². The monoisotopic (exact) mass is 668 g/mol. The summed E-state index contributed by atoms with van der Waals surface area (Å²) < 4.78 is -0.648. The summed E-state index contributed by atoms with van der Waals surface area (Å²) in [5.41, 5.74) is 0. The van der Waals surface area contributed by atoms with Crippen molar-refractivity contribution in [2.45, 2.75) is 158 Å². The van der Waals surface area contributed by atoms with Gasteiger partial charge in [-0.15, -0.1) is 0 Å². The first-order valence-electron chi connectivity index (χ1n) is 15.9. The summed E-state index contributed by atoms with van der Waals surface area (Å²) in [6, 6.07) is 0. The van der Waals surface area contributed by atoms with Gasteiger partial charge >= 0.3 is 235 Å². The Balaban J connectivity index is -0.00000648. The number of hydrogen-bond donors (Lipinski definition) is 0. The van der Waals surface area contributed by atoms with Gasteiger partial charge in [0, 0.05) is 0 Å². The Bertz CT molecular complexity index is 580. The number of carbonyl (C=O) groups is 4. The Kier molecular flexibility index (Phi) is 27.6. The van der Waals surface area contributed by atoms with Gasteiger partial charge in [-0.2, -0.15) is 0 Å². The van der Waals surface area contributed by atoms with Crippen LogP contribution in [0.3, 0.4) is 0 Å². The molecule has 230 valence electrons. The van der Waals surface area contributed by atoms with Crippen molar-refractivity contribution in [3.05, 3.63) is 0 Å². The van der Waals surface area contributed by atoms with Crippen molar-refractivity contribution < 1.29 is 64.3 Å². The Morgan fingerprint density at radius 1 is 0.410 bits per heavy atom. The third kappa shape index (κ3) is 12.1. The van der Waals surface area contributed by atoms with Crippen LogP contribution in [0.25, 0.3) is 0 Å². The smallest absolute Gasteiger partial charge is 1.00 e. The fraction of sp³-hybridized carbons (Fsp3) is 0.875. The molecule has 0 aromatic heterocycles. The van der Waals surface area contributed by atoms with Crippen molar-refractivity contribution in [3.63, 3.8) is 0 Å². The molecule has 4 atom stereocenters. The molecule has 0 aromatic rings. The van der Waals surface area contributed by atoms with Crippen LogP contribution in [-0.4, -0.2) is 14.0 Å². The first-order valence-corrected chi connectivity index (χ1v) is 20.8. The van der Waals surface area contributed by atoms with E-state index in [2.05, 4.69) is 27.7 Å². The molecule has 0 bridgehead atoms. The van der Waals surface area contributed by atoms with Crippen LogP contribution in [0.2, 0.25) is 0 Å². The molecule has 0 aliphatic rings. The summed E-state index contributed by atoms with van der Waals surface area (Å²) in [5, 5.41) is 0. The Morgan fingerprint density at radius 3 is 0.718 bits per heavy atom. The SMILES string of the molecule is CCCCC(CC)[C](=O)[Zr+2]([C](=O)C(CC)CCCC)([C](=O)C(CC)CCCC)[C](=O)C(CC)CCCC.[Cl-].[Cl-]. The Hall–Kier alpha value is 0.143. The first-order chi connectivity index (χ1) is 17.7. The standard InChI is InChI=1S/4C8H15O.2ClH.Zr/c4*1-3-5-6-8(4-2)7-9;;;/h4*8H,3-6H2,1-2H3;2*1H;/q;;;;;;+2/p-2. The van der Waals surface area contributed by atoms with E-state index in [1.807, 2.05) is 27.7 Å². The van der Waals surface area contributed by atoms with E-state index >= 15 is 0 Å². The van der Waals surface area contributed by atoms with Crippen LogP contribution in [0.4, 0.5) is 0 Å². The molecule has 0 aromatic carbocycles. The van der Waals surface area contributed by atoms with Gasteiger partial charge < -0.3 is 24.8 Å². The molecule has 39 heavy (non-hydrogen) atoms. The summed E-state index contributed by atoms with van der Waals surface area (Å²) >= 11 is -5.41. The van der Waals surface area contributed by atoms with Gasteiger partial charge in [-0.05, 0) is 0 Å². The van der Waals surface area contributed by atoms with E-state index in [9.17, 15) is 19.2 Å². The number of carbonyl (C=O) groups excluding carboxylic acids is 4. The fourth-order valence-corrected chi connectivity index (χ4v) is 18.9. The van der Waals surface area contributed by atoms with Crippen LogP contribution in [0.1, 0.15) is 158 Å². The third-order valence-electron chi connectivity index (χ3n) is 8.56. The average Bonchev–Trinajstić information content (AvgIpc) is 2.90. The molecule has 0 fully saturated rings. The van der Waals surface area contributed by atoms with Crippen LogP contribution in [0.5, 0.6) is 0 Å². The molecule has 0 amide bonds. The zero-order chi connectivity index (χ0) is 28.4. The first kappa shape index (κ1) is 43.6. The zero-order valence-corrected chi connectivity index (χ0v) is 30.5. The van der Waals surface area contributed by atoms with Crippen molar-refractivity contribution in [1.82, 2.24) is 0 Å². The summed E-state index contributed by atoms with van der Waals surface area (Å²) in [6.45, 7) is 16.4. The topological polar surface area (TPSA) is 68.3 Å². The second-order valence-corrected chi connectivity index (χ2v) is 19.7. The quantitative estimate of drug-likeness (QED) is 0.158. The molecule has 0 heterocycles. The van der Waals surface area contributed by atoms with E-state index in [1.54, 1.807) is 0 Å². The second-order valence-electron chi connectivity index (χ2n) is 11.2. The maximum atomic E-state index is 14.7.